The molecular formula is C16H14N2O3. The van der Waals surface area contributed by atoms with Gasteiger partial charge in [0.25, 0.3) is 0 Å². The number of nitrogens with zero attached hydrogens (tertiary/aromatic N) is 1. The largest absolute Gasteiger partial charge is 0.489 e. The molecule has 0 aliphatic carbocycles. The van der Waals surface area contributed by atoms with Gasteiger partial charge in [0.1, 0.15) is 18.4 Å². The van der Waals surface area contributed by atoms with Crippen LogP contribution >= 0.6 is 0 Å². The molecule has 5 nitrogen and oxygen atoms in total. The van der Waals surface area contributed by atoms with Gasteiger partial charge in [0.15, 0.2) is 0 Å². The SMILES string of the molecule is N#Cc1ccc(OCc2ccccc2)c(C(N)C(=O)O)c1. The molecule has 0 saturated heterocycles. The maximum absolute atomic E-state index is 11.1. The number of nitrogens with two attached hydrogens (primary N) is 1. The van der Waals surface area contributed by atoms with Crippen LogP contribution in [0.5, 0.6) is 5.75 Å². The quantitative estimate of drug-likeness (QED) is 0.876. The van der Waals surface area contributed by atoms with Crippen molar-refractivity contribution in [1.29, 1.82) is 5.26 Å². The van der Waals surface area contributed by atoms with E-state index < -0.39 is 12.0 Å². The molecule has 5 heteroatoms. The summed E-state index contributed by atoms with van der Waals surface area (Å²) in [6.45, 7) is 0.298. The number of benzene rings is 2. The number of hydrogen-bond donors (Lipinski definition) is 2. The van der Waals surface area contributed by atoms with Gasteiger partial charge >= 0.3 is 5.97 Å². The van der Waals surface area contributed by atoms with Crippen molar-refractivity contribution >= 4 is 5.97 Å². The summed E-state index contributed by atoms with van der Waals surface area (Å²) < 4.78 is 5.64. The number of aliphatic carboxylic acids is 1. The zero-order valence-electron chi connectivity index (χ0n) is 11.2. The number of nitriles is 1. The highest BCUT2D eigenvalue weighted by atomic mass is 16.5. The average molecular weight is 282 g/mol. The molecule has 21 heavy (non-hydrogen) atoms. The topological polar surface area (TPSA) is 96.3 Å². The summed E-state index contributed by atoms with van der Waals surface area (Å²) in [5.74, 6) is -0.803. The van der Waals surface area contributed by atoms with Crippen LogP contribution in [0.4, 0.5) is 0 Å². The van der Waals surface area contributed by atoms with E-state index >= 15 is 0 Å². The zero-order valence-corrected chi connectivity index (χ0v) is 11.2. The van der Waals surface area contributed by atoms with Crippen molar-refractivity contribution in [3.63, 3.8) is 0 Å². The molecule has 2 rings (SSSR count). The molecule has 2 aromatic carbocycles. The van der Waals surface area contributed by atoms with Gasteiger partial charge in [0.05, 0.1) is 11.6 Å². The van der Waals surface area contributed by atoms with E-state index in [0.717, 1.165) is 5.56 Å². The van der Waals surface area contributed by atoms with Crippen molar-refractivity contribution < 1.29 is 14.6 Å². The van der Waals surface area contributed by atoms with E-state index in [4.69, 9.17) is 20.8 Å². The Balaban J connectivity index is 2.26. The molecule has 0 bridgehead atoms. The number of ether oxygens (including phenoxy) is 1. The fourth-order valence-electron chi connectivity index (χ4n) is 1.86. The van der Waals surface area contributed by atoms with Gasteiger partial charge in [0, 0.05) is 5.56 Å². The second kappa shape index (κ2) is 6.55. The summed E-state index contributed by atoms with van der Waals surface area (Å²) in [4.78, 5) is 11.1. The second-order valence-corrected chi connectivity index (χ2v) is 4.45. The highest BCUT2D eigenvalue weighted by molar-refractivity contribution is 5.76. The van der Waals surface area contributed by atoms with Crippen molar-refractivity contribution in [2.24, 2.45) is 5.73 Å². The minimum atomic E-state index is -1.23. The second-order valence-electron chi connectivity index (χ2n) is 4.45. The summed E-state index contributed by atoms with van der Waals surface area (Å²) in [6, 6.07) is 14.8. The van der Waals surface area contributed by atoms with E-state index in [1.54, 1.807) is 12.1 Å². The molecule has 1 atom stereocenters. The van der Waals surface area contributed by atoms with Crippen LogP contribution in [-0.4, -0.2) is 11.1 Å². The Morgan fingerprint density at radius 3 is 2.62 bits per heavy atom. The summed E-state index contributed by atoms with van der Waals surface area (Å²) in [7, 11) is 0. The monoisotopic (exact) mass is 282 g/mol. The van der Waals surface area contributed by atoms with Crippen molar-refractivity contribution in [3.05, 3.63) is 65.2 Å². The zero-order chi connectivity index (χ0) is 15.2. The fraction of sp³-hybridized carbons (Fsp3) is 0.125. The molecule has 0 saturated carbocycles. The first-order valence-corrected chi connectivity index (χ1v) is 6.31. The van der Waals surface area contributed by atoms with Gasteiger partial charge in [-0.3, -0.25) is 4.79 Å². The van der Waals surface area contributed by atoms with Crippen LogP contribution in [0, 0.1) is 11.3 Å². The lowest BCUT2D eigenvalue weighted by molar-refractivity contribution is -0.138. The smallest absolute Gasteiger partial charge is 0.325 e. The fourth-order valence-corrected chi connectivity index (χ4v) is 1.86. The molecule has 0 aliphatic rings. The molecule has 0 radical (unpaired) electrons. The molecule has 0 heterocycles. The number of carboxylic acid groups (broad SMARTS) is 1. The van der Waals surface area contributed by atoms with Crippen LogP contribution in [0.1, 0.15) is 22.7 Å². The third-order valence-electron chi connectivity index (χ3n) is 2.98. The molecule has 0 fully saturated rings. The van der Waals surface area contributed by atoms with Gasteiger partial charge in [-0.25, -0.2) is 0 Å². The van der Waals surface area contributed by atoms with Crippen molar-refractivity contribution in [1.82, 2.24) is 0 Å². The van der Waals surface area contributed by atoms with Gasteiger partial charge in [-0.05, 0) is 23.8 Å². The summed E-state index contributed by atoms with van der Waals surface area (Å²) >= 11 is 0. The predicted molar refractivity (Wildman–Crippen MR) is 76.5 cm³/mol. The lowest BCUT2D eigenvalue weighted by Crippen LogP contribution is -2.21. The van der Waals surface area contributed by atoms with Crippen LogP contribution in [0.3, 0.4) is 0 Å². The molecule has 2 aromatic rings. The first kappa shape index (κ1) is 14.6. The minimum absolute atomic E-state index is 0.289. The average Bonchev–Trinajstić information content (AvgIpc) is 2.53. The highest BCUT2D eigenvalue weighted by Gasteiger charge is 2.19. The highest BCUT2D eigenvalue weighted by Crippen LogP contribution is 2.26. The van der Waals surface area contributed by atoms with E-state index in [1.165, 1.54) is 6.07 Å². The Bertz CT molecular complexity index is 678. The number of rotatable bonds is 5. The first-order valence-electron chi connectivity index (χ1n) is 6.31. The van der Waals surface area contributed by atoms with Crippen LogP contribution in [0.25, 0.3) is 0 Å². The van der Waals surface area contributed by atoms with Crippen LogP contribution in [-0.2, 0) is 11.4 Å². The number of hydrogen-bond acceptors (Lipinski definition) is 4. The van der Waals surface area contributed by atoms with Crippen molar-refractivity contribution in [2.45, 2.75) is 12.6 Å². The molecule has 0 spiro atoms. The number of carbonyl (C=O) groups is 1. The van der Waals surface area contributed by atoms with E-state index in [2.05, 4.69) is 0 Å². The Kier molecular flexibility index (Phi) is 4.54. The molecular weight excluding hydrogens is 268 g/mol. The standard InChI is InChI=1S/C16H14N2O3/c17-9-12-6-7-14(13(8-12)15(18)16(19)20)21-10-11-4-2-1-3-5-11/h1-8,15H,10,18H2,(H,19,20). The Morgan fingerprint density at radius 2 is 2.00 bits per heavy atom. The van der Waals surface area contributed by atoms with Gasteiger partial charge in [-0.15, -0.1) is 0 Å². The van der Waals surface area contributed by atoms with Crippen LogP contribution in [0.2, 0.25) is 0 Å². The molecule has 1 unspecified atom stereocenters. The summed E-state index contributed by atoms with van der Waals surface area (Å²) in [5.41, 5.74) is 7.23. The molecule has 0 aromatic heterocycles. The molecule has 106 valence electrons. The maximum atomic E-state index is 11.1. The molecule has 0 amide bonds. The van der Waals surface area contributed by atoms with Gasteiger partial charge in [0.2, 0.25) is 0 Å². The van der Waals surface area contributed by atoms with Crippen LogP contribution < -0.4 is 10.5 Å². The Morgan fingerprint density at radius 1 is 1.29 bits per heavy atom. The van der Waals surface area contributed by atoms with Gasteiger partial charge in [-0.1, -0.05) is 30.3 Å². The molecule has 3 N–H and O–H groups in total. The Hall–Kier alpha value is -2.84. The first-order chi connectivity index (χ1) is 10.1. The van der Waals surface area contributed by atoms with Gasteiger partial charge in [-0.2, -0.15) is 5.26 Å². The van der Waals surface area contributed by atoms with Crippen molar-refractivity contribution in [3.8, 4) is 11.8 Å². The van der Waals surface area contributed by atoms with E-state index in [9.17, 15) is 4.79 Å². The lowest BCUT2D eigenvalue weighted by atomic mass is 10.0. The Labute approximate surface area is 122 Å². The van der Waals surface area contributed by atoms with E-state index in [-0.39, 0.29) is 5.56 Å². The molecule has 0 aliphatic heterocycles. The van der Waals surface area contributed by atoms with Crippen molar-refractivity contribution in [2.75, 3.05) is 0 Å². The minimum Gasteiger partial charge on any atom is -0.489 e. The predicted octanol–water partition coefficient (Wildman–Crippen LogP) is 2.22. The van der Waals surface area contributed by atoms with Gasteiger partial charge < -0.3 is 15.6 Å². The third kappa shape index (κ3) is 3.59. The van der Waals surface area contributed by atoms with E-state index in [1.807, 2.05) is 36.4 Å². The summed E-state index contributed by atoms with van der Waals surface area (Å²) in [5, 5.41) is 17.9. The lowest BCUT2D eigenvalue weighted by Gasteiger charge is -2.14. The summed E-state index contributed by atoms with van der Waals surface area (Å²) in [6.07, 6.45) is 0. The maximum Gasteiger partial charge on any atom is 0.325 e. The normalized spacial score (nSPS) is 11.4. The third-order valence-corrected chi connectivity index (χ3v) is 2.98. The van der Waals surface area contributed by atoms with Crippen LogP contribution in [0.15, 0.2) is 48.5 Å². The van der Waals surface area contributed by atoms with E-state index in [0.29, 0.717) is 17.9 Å². The number of carboxylic acids is 1.